The van der Waals surface area contributed by atoms with E-state index in [1.165, 1.54) is 6.92 Å². The number of pyridine rings is 1. The molecule has 0 spiro atoms. The second-order valence-corrected chi connectivity index (χ2v) is 8.38. The van der Waals surface area contributed by atoms with Crippen molar-refractivity contribution in [3.05, 3.63) is 72.3 Å². The van der Waals surface area contributed by atoms with Gasteiger partial charge >= 0.3 is 0 Å². The van der Waals surface area contributed by atoms with Crippen molar-refractivity contribution in [3.8, 4) is 5.75 Å². The zero-order valence-corrected chi connectivity index (χ0v) is 19.4. The maximum Gasteiger partial charge on any atom is 0.221 e. The molecule has 1 aromatic carbocycles. The van der Waals surface area contributed by atoms with E-state index in [9.17, 15) is 4.79 Å². The van der Waals surface area contributed by atoms with Crippen LogP contribution in [-0.2, 0) is 4.79 Å². The molecule has 1 amide bonds. The van der Waals surface area contributed by atoms with Crippen LogP contribution in [-0.4, -0.2) is 27.7 Å². The lowest BCUT2D eigenvalue weighted by molar-refractivity contribution is -0.114. The predicted octanol–water partition coefficient (Wildman–Crippen LogP) is 4.61. The van der Waals surface area contributed by atoms with Crippen molar-refractivity contribution < 1.29 is 9.53 Å². The first-order chi connectivity index (χ1) is 15.4. The lowest BCUT2D eigenvalue weighted by Crippen LogP contribution is -2.30. The number of hydrogen-bond acceptors (Lipinski definition) is 4. The Bertz CT molecular complexity index is 1130. The summed E-state index contributed by atoms with van der Waals surface area (Å²) >= 11 is 5.81. The molecule has 8 heteroatoms. The SMILES string of the molecule is COc1ccc(N2C(=S)N[C@@H](c3ccccn3)[C@H]2c2cccn2C(C)C)cc1NC(C)=O. The number of carbonyl (C=O) groups is 1. The molecule has 1 saturated heterocycles. The third-order valence-corrected chi connectivity index (χ3v) is 5.86. The summed E-state index contributed by atoms with van der Waals surface area (Å²) in [4.78, 5) is 18.5. The van der Waals surface area contributed by atoms with Gasteiger partial charge in [0.2, 0.25) is 5.91 Å². The molecule has 0 aliphatic carbocycles. The van der Waals surface area contributed by atoms with Crippen LogP contribution < -0.4 is 20.3 Å². The van der Waals surface area contributed by atoms with Crippen LogP contribution in [0.1, 0.15) is 50.3 Å². The summed E-state index contributed by atoms with van der Waals surface area (Å²) < 4.78 is 7.69. The molecule has 7 nitrogen and oxygen atoms in total. The van der Waals surface area contributed by atoms with Crippen molar-refractivity contribution >= 4 is 34.6 Å². The number of benzene rings is 1. The van der Waals surface area contributed by atoms with E-state index in [1.807, 2.05) is 36.4 Å². The number of thiocarbonyl (C=S) groups is 1. The van der Waals surface area contributed by atoms with E-state index in [0.717, 1.165) is 17.1 Å². The number of aromatic nitrogens is 2. The molecule has 1 fully saturated rings. The summed E-state index contributed by atoms with van der Waals surface area (Å²) in [5.41, 5.74) is 3.49. The van der Waals surface area contributed by atoms with Crippen LogP contribution in [0.25, 0.3) is 0 Å². The molecule has 0 saturated carbocycles. The highest BCUT2D eigenvalue weighted by Gasteiger charge is 2.42. The molecule has 2 aromatic heterocycles. The Kier molecular flexibility index (Phi) is 6.14. The molecule has 166 valence electrons. The fraction of sp³-hybridized carbons (Fsp3) is 0.292. The van der Waals surface area contributed by atoms with Gasteiger partial charge in [0, 0.05) is 36.7 Å². The number of hydrogen-bond donors (Lipinski definition) is 2. The third kappa shape index (κ3) is 4.05. The predicted molar refractivity (Wildman–Crippen MR) is 130 cm³/mol. The van der Waals surface area contributed by atoms with E-state index < -0.39 is 0 Å². The average Bonchev–Trinajstić information content (AvgIpc) is 3.38. The van der Waals surface area contributed by atoms with Gasteiger partial charge in [0.1, 0.15) is 11.8 Å². The normalized spacial score (nSPS) is 18.0. The monoisotopic (exact) mass is 449 g/mol. The number of methoxy groups -OCH3 is 1. The molecule has 32 heavy (non-hydrogen) atoms. The van der Waals surface area contributed by atoms with E-state index in [1.54, 1.807) is 13.3 Å². The first-order valence-electron chi connectivity index (χ1n) is 10.5. The van der Waals surface area contributed by atoms with Crippen molar-refractivity contribution in [2.24, 2.45) is 0 Å². The van der Waals surface area contributed by atoms with Crippen molar-refractivity contribution in [1.82, 2.24) is 14.9 Å². The molecule has 0 unspecified atom stereocenters. The van der Waals surface area contributed by atoms with E-state index in [0.29, 0.717) is 16.5 Å². The van der Waals surface area contributed by atoms with E-state index in [2.05, 4.69) is 57.3 Å². The van der Waals surface area contributed by atoms with Gasteiger partial charge in [-0.25, -0.2) is 0 Å². The third-order valence-electron chi connectivity index (χ3n) is 5.54. The number of nitrogens with one attached hydrogen (secondary N) is 2. The first-order valence-corrected chi connectivity index (χ1v) is 10.9. The maximum atomic E-state index is 11.8. The molecule has 0 bridgehead atoms. The standard InChI is InChI=1S/C24H27N5O2S/c1-15(2)28-13-7-9-20(28)23-22(18-8-5-6-12-25-18)27-24(32)29(23)17-10-11-21(31-4)19(14-17)26-16(3)30/h5-15,22-23H,1-4H3,(H,26,30)(H,27,32)/t22-,23+/m0/s1. The Morgan fingerprint density at radius 2 is 2.03 bits per heavy atom. The first kappa shape index (κ1) is 21.8. The second kappa shape index (κ2) is 9.00. The molecule has 4 rings (SSSR count). The molecule has 2 N–H and O–H groups in total. The summed E-state index contributed by atoms with van der Waals surface area (Å²) in [7, 11) is 1.58. The summed E-state index contributed by atoms with van der Waals surface area (Å²) in [5.74, 6) is 0.421. The lowest BCUT2D eigenvalue weighted by atomic mass is 10.0. The fourth-order valence-corrected chi connectivity index (χ4v) is 4.54. The minimum absolute atomic E-state index is 0.131. The topological polar surface area (TPSA) is 71.4 Å². The van der Waals surface area contributed by atoms with Crippen LogP contribution in [0, 0.1) is 0 Å². The largest absolute Gasteiger partial charge is 0.495 e. The van der Waals surface area contributed by atoms with Gasteiger partial charge in [-0.05, 0) is 68.5 Å². The van der Waals surface area contributed by atoms with E-state index in [4.69, 9.17) is 17.0 Å². The van der Waals surface area contributed by atoms with Crippen molar-refractivity contribution in [2.45, 2.75) is 38.9 Å². The van der Waals surface area contributed by atoms with Gasteiger partial charge in [-0.2, -0.15) is 0 Å². The number of ether oxygens (including phenoxy) is 1. The summed E-state index contributed by atoms with van der Waals surface area (Å²) in [6.45, 7) is 5.79. The highest BCUT2D eigenvalue weighted by atomic mass is 32.1. The van der Waals surface area contributed by atoms with Crippen molar-refractivity contribution in [2.75, 3.05) is 17.3 Å². The molecule has 2 atom stereocenters. The molecule has 3 aromatic rings. The van der Waals surface area contributed by atoms with Gasteiger partial charge in [-0.3, -0.25) is 9.78 Å². The van der Waals surface area contributed by atoms with Crippen molar-refractivity contribution in [3.63, 3.8) is 0 Å². The number of rotatable bonds is 6. The van der Waals surface area contributed by atoms with Crippen LogP contribution in [0.2, 0.25) is 0 Å². The van der Waals surface area contributed by atoms with Gasteiger partial charge in [0.05, 0.1) is 24.5 Å². The van der Waals surface area contributed by atoms with Gasteiger partial charge in [0.25, 0.3) is 0 Å². The molecular weight excluding hydrogens is 422 g/mol. The number of carbonyl (C=O) groups excluding carboxylic acids is 1. The lowest BCUT2D eigenvalue weighted by Gasteiger charge is -2.30. The Hall–Kier alpha value is -3.39. The molecule has 1 aliphatic heterocycles. The minimum Gasteiger partial charge on any atom is -0.495 e. The fourth-order valence-electron chi connectivity index (χ4n) is 4.19. The Morgan fingerprint density at radius 3 is 2.69 bits per heavy atom. The second-order valence-electron chi connectivity index (χ2n) is 8.00. The van der Waals surface area contributed by atoms with Crippen LogP contribution in [0.15, 0.2) is 60.9 Å². The Morgan fingerprint density at radius 1 is 1.22 bits per heavy atom. The van der Waals surface area contributed by atoms with Gasteiger partial charge in [0.15, 0.2) is 5.11 Å². The molecular formula is C24H27N5O2S. The Labute approximate surface area is 193 Å². The quantitative estimate of drug-likeness (QED) is 0.536. The van der Waals surface area contributed by atoms with Crippen LogP contribution >= 0.6 is 12.2 Å². The Balaban J connectivity index is 1.85. The average molecular weight is 450 g/mol. The zero-order chi connectivity index (χ0) is 22.8. The minimum atomic E-state index is -0.167. The van der Waals surface area contributed by atoms with Crippen LogP contribution in [0.3, 0.4) is 0 Å². The van der Waals surface area contributed by atoms with Crippen LogP contribution in [0.4, 0.5) is 11.4 Å². The van der Waals surface area contributed by atoms with Gasteiger partial charge < -0.3 is 24.8 Å². The van der Waals surface area contributed by atoms with Gasteiger partial charge in [-0.1, -0.05) is 6.07 Å². The van der Waals surface area contributed by atoms with Crippen molar-refractivity contribution in [1.29, 1.82) is 0 Å². The molecule has 3 heterocycles. The highest BCUT2D eigenvalue weighted by molar-refractivity contribution is 7.80. The van der Waals surface area contributed by atoms with Gasteiger partial charge in [-0.15, -0.1) is 0 Å². The zero-order valence-electron chi connectivity index (χ0n) is 18.6. The number of anilines is 2. The molecule has 1 aliphatic rings. The molecule has 0 radical (unpaired) electrons. The summed E-state index contributed by atoms with van der Waals surface area (Å²) in [6, 6.07) is 15.8. The van der Waals surface area contributed by atoms with E-state index >= 15 is 0 Å². The maximum absolute atomic E-state index is 11.8. The smallest absolute Gasteiger partial charge is 0.221 e. The number of nitrogens with zero attached hydrogens (tertiary/aromatic N) is 3. The van der Waals surface area contributed by atoms with E-state index in [-0.39, 0.29) is 24.0 Å². The number of amides is 1. The highest BCUT2D eigenvalue weighted by Crippen LogP contribution is 2.43. The summed E-state index contributed by atoms with van der Waals surface area (Å²) in [6.07, 6.45) is 3.88. The summed E-state index contributed by atoms with van der Waals surface area (Å²) in [5, 5.41) is 6.93. The van der Waals surface area contributed by atoms with Crippen LogP contribution in [0.5, 0.6) is 5.75 Å².